The Kier molecular flexibility index (Phi) is 5.59. The Balaban J connectivity index is 2.29. The van der Waals surface area contributed by atoms with Crippen molar-refractivity contribution in [1.82, 2.24) is 5.32 Å². The molecule has 1 aliphatic heterocycles. The number of piperazine rings is 1. The van der Waals surface area contributed by atoms with Gasteiger partial charge in [-0.2, -0.15) is 0 Å². The number of allylic oxidation sites excluding steroid dienone is 3. The lowest BCUT2D eigenvalue weighted by Crippen LogP contribution is -2.43. The maximum Gasteiger partial charge on any atom is 0.0673 e. The molecular formula is C17H22ClN3. The van der Waals surface area contributed by atoms with Crippen LogP contribution in [0.2, 0.25) is 0 Å². The van der Waals surface area contributed by atoms with Gasteiger partial charge in [0.2, 0.25) is 0 Å². The summed E-state index contributed by atoms with van der Waals surface area (Å²) in [5, 5.41) is 3.89. The minimum absolute atomic E-state index is 0.520. The van der Waals surface area contributed by atoms with E-state index in [1.54, 1.807) is 7.05 Å². The van der Waals surface area contributed by atoms with Crippen LogP contribution in [0.5, 0.6) is 0 Å². The van der Waals surface area contributed by atoms with Gasteiger partial charge in [0.05, 0.1) is 5.71 Å². The molecule has 0 atom stereocenters. The fourth-order valence-corrected chi connectivity index (χ4v) is 2.77. The lowest BCUT2D eigenvalue weighted by molar-refractivity contribution is 0.589. The lowest BCUT2D eigenvalue weighted by Gasteiger charge is -2.29. The van der Waals surface area contributed by atoms with Crippen molar-refractivity contribution in [2.45, 2.75) is 6.92 Å². The van der Waals surface area contributed by atoms with Gasteiger partial charge in [-0.1, -0.05) is 30.3 Å². The summed E-state index contributed by atoms with van der Waals surface area (Å²) in [5.41, 5.74) is 4.33. The Morgan fingerprint density at radius 3 is 2.71 bits per heavy atom. The first kappa shape index (κ1) is 15.8. The van der Waals surface area contributed by atoms with E-state index < -0.39 is 0 Å². The van der Waals surface area contributed by atoms with Gasteiger partial charge >= 0.3 is 0 Å². The fraction of sp³-hybridized carbons (Fsp3) is 0.353. The molecule has 3 nitrogen and oxygen atoms in total. The standard InChI is InChI=1S/C17H22ClN3/c1-13(11-14(2)18)17(19-3)15-5-4-6-16(12-15)21-9-7-20-8-10-21/h4-6,11-12,20H,2,7-10H2,1,3H3/b13-11+,19-17+. The van der Waals surface area contributed by atoms with Crippen LogP contribution in [0.4, 0.5) is 5.69 Å². The first-order valence-corrected chi connectivity index (χ1v) is 7.55. The monoisotopic (exact) mass is 303 g/mol. The molecule has 1 aromatic carbocycles. The Labute approximate surface area is 132 Å². The summed E-state index contributed by atoms with van der Waals surface area (Å²) in [4.78, 5) is 6.81. The van der Waals surface area contributed by atoms with Crippen LogP contribution in [-0.4, -0.2) is 38.9 Å². The summed E-state index contributed by atoms with van der Waals surface area (Å²) in [6.07, 6.45) is 1.85. The zero-order chi connectivity index (χ0) is 15.2. The zero-order valence-electron chi connectivity index (χ0n) is 12.7. The Morgan fingerprint density at radius 2 is 2.10 bits per heavy atom. The fourth-order valence-electron chi connectivity index (χ4n) is 2.61. The highest BCUT2D eigenvalue weighted by Gasteiger charge is 2.12. The molecule has 0 unspecified atom stereocenters. The van der Waals surface area contributed by atoms with Crippen LogP contribution >= 0.6 is 11.6 Å². The largest absolute Gasteiger partial charge is 0.369 e. The molecule has 1 aliphatic rings. The number of aliphatic imine (C=N–C) groups is 1. The first-order chi connectivity index (χ1) is 10.1. The number of benzene rings is 1. The van der Waals surface area contributed by atoms with Gasteiger partial charge in [-0.05, 0) is 30.7 Å². The third kappa shape index (κ3) is 4.19. The molecular weight excluding hydrogens is 282 g/mol. The Hall–Kier alpha value is -1.58. The molecule has 2 rings (SSSR count). The van der Waals surface area contributed by atoms with Crippen molar-refractivity contribution >= 4 is 23.0 Å². The molecule has 1 aromatic rings. The highest BCUT2D eigenvalue weighted by molar-refractivity contribution is 6.31. The minimum Gasteiger partial charge on any atom is -0.369 e. The van der Waals surface area contributed by atoms with Gasteiger partial charge < -0.3 is 10.2 Å². The van der Waals surface area contributed by atoms with Gasteiger partial charge in [0.1, 0.15) is 0 Å². The molecule has 1 fully saturated rings. The quantitative estimate of drug-likeness (QED) is 0.683. The number of nitrogens with one attached hydrogen (secondary N) is 1. The van der Waals surface area contributed by atoms with Crippen molar-refractivity contribution in [3.63, 3.8) is 0 Å². The summed E-state index contributed by atoms with van der Waals surface area (Å²) in [7, 11) is 1.81. The van der Waals surface area contributed by atoms with Crippen LogP contribution in [0.15, 0.2) is 52.5 Å². The van der Waals surface area contributed by atoms with Gasteiger partial charge in [0.25, 0.3) is 0 Å². The maximum atomic E-state index is 5.87. The molecule has 21 heavy (non-hydrogen) atoms. The number of nitrogens with zero attached hydrogens (tertiary/aromatic N) is 2. The van der Waals surface area contributed by atoms with Gasteiger partial charge in [-0.3, -0.25) is 4.99 Å². The second-order valence-electron chi connectivity index (χ2n) is 5.13. The average Bonchev–Trinajstić information content (AvgIpc) is 2.48. The highest BCUT2D eigenvalue weighted by Crippen LogP contribution is 2.20. The van der Waals surface area contributed by atoms with Crippen LogP contribution in [0.1, 0.15) is 12.5 Å². The van der Waals surface area contributed by atoms with Crippen LogP contribution in [0.3, 0.4) is 0 Å². The lowest BCUT2D eigenvalue weighted by atomic mass is 10.0. The minimum atomic E-state index is 0.520. The van der Waals surface area contributed by atoms with E-state index in [-0.39, 0.29) is 0 Å². The molecule has 0 amide bonds. The van der Waals surface area contributed by atoms with E-state index in [1.165, 1.54) is 5.69 Å². The number of anilines is 1. The van der Waals surface area contributed by atoms with E-state index >= 15 is 0 Å². The summed E-state index contributed by atoms with van der Waals surface area (Å²) >= 11 is 5.87. The number of rotatable bonds is 4. The smallest absolute Gasteiger partial charge is 0.0673 e. The molecule has 1 saturated heterocycles. The molecule has 0 bridgehead atoms. The van der Waals surface area contributed by atoms with Gasteiger partial charge in [0.15, 0.2) is 0 Å². The number of hydrogen-bond acceptors (Lipinski definition) is 3. The van der Waals surface area contributed by atoms with E-state index in [0.717, 1.165) is 43.0 Å². The van der Waals surface area contributed by atoms with Crippen molar-refractivity contribution < 1.29 is 0 Å². The number of halogens is 1. The van der Waals surface area contributed by atoms with Gasteiger partial charge in [-0.15, -0.1) is 0 Å². The van der Waals surface area contributed by atoms with Crippen molar-refractivity contribution in [2.24, 2.45) is 4.99 Å². The Morgan fingerprint density at radius 1 is 1.38 bits per heavy atom. The van der Waals surface area contributed by atoms with Crippen molar-refractivity contribution in [1.29, 1.82) is 0 Å². The molecule has 0 spiro atoms. The molecule has 0 aliphatic carbocycles. The summed E-state index contributed by atoms with van der Waals surface area (Å²) in [6.45, 7) is 9.86. The highest BCUT2D eigenvalue weighted by atomic mass is 35.5. The van der Waals surface area contributed by atoms with Gasteiger partial charge in [-0.25, -0.2) is 0 Å². The van der Waals surface area contributed by atoms with E-state index in [4.69, 9.17) is 11.6 Å². The third-order valence-electron chi connectivity index (χ3n) is 3.57. The normalized spacial score (nSPS) is 17.0. The van der Waals surface area contributed by atoms with Crippen LogP contribution in [0, 0.1) is 0 Å². The molecule has 112 valence electrons. The average molecular weight is 304 g/mol. The van der Waals surface area contributed by atoms with E-state index in [2.05, 4.69) is 46.1 Å². The van der Waals surface area contributed by atoms with Crippen LogP contribution < -0.4 is 10.2 Å². The van der Waals surface area contributed by atoms with E-state index in [0.29, 0.717) is 5.03 Å². The van der Waals surface area contributed by atoms with Crippen LogP contribution in [0.25, 0.3) is 0 Å². The molecule has 1 N–H and O–H groups in total. The van der Waals surface area contributed by atoms with E-state index in [9.17, 15) is 0 Å². The van der Waals surface area contributed by atoms with Crippen LogP contribution in [-0.2, 0) is 0 Å². The van der Waals surface area contributed by atoms with Crippen molar-refractivity contribution in [3.05, 3.63) is 53.1 Å². The van der Waals surface area contributed by atoms with Gasteiger partial charge in [0, 0.05) is 49.5 Å². The van der Waals surface area contributed by atoms with Crippen molar-refractivity contribution in [2.75, 3.05) is 38.1 Å². The number of hydrogen-bond donors (Lipinski definition) is 1. The Bertz CT molecular complexity index is 569. The summed E-state index contributed by atoms with van der Waals surface area (Å²) < 4.78 is 0. The SMILES string of the molecule is C=C(Cl)/C=C(C)/C(=N\C)c1cccc(N2CCNCC2)c1. The second-order valence-corrected chi connectivity index (χ2v) is 5.62. The molecule has 1 heterocycles. The molecule has 4 heteroatoms. The zero-order valence-corrected chi connectivity index (χ0v) is 13.5. The summed E-state index contributed by atoms with van der Waals surface area (Å²) in [5.74, 6) is 0. The summed E-state index contributed by atoms with van der Waals surface area (Å²) in [6, 6.07) is 8.52. The first-order valence-electron chi connectivity index (χ1n) is 7.18. The van der Waals surface area contributed by atoms with Crippen molar-refractivity contribution in [3.8, 4) is 0 Å². The third-order valence-corrected chi connectivity index (χ3v) is 3.68. The predicted molar refractivity (Wildman–Crippen MR) is 92.7 cm³/mol. The second kappa shape index (κ2) is 7.43. The molecule has 0 saturated carbocycles. The van der Waals surface area contributed by atoms with E-state index in [1.807, 2.05) is 13.0 Å². The maximum absolute atomic E-state index is 5.87. The molecule has 0 radical (unpaired) electrons. The predicted octanol–water partition coefficient (Wildman–Crippen LogP) is 3.21. The topological polar surface area (TPSA) is 27.6 Å². The molecule has 0 aromatic heterocycles.